The van der Waals surface area contributed by atoms with Gasteiger partial charge in [0, 0.05) is 13.5 Å². The summed E-state index contributed by atoms with van der Waals surface area (Å²) in [4.78, 5) is 56.2. The highest BCUT2D eigenvalue weighted by Crippen LogP contribution is 2.40. The molecule has 0 aromatic carbocycles. The summed E-state index contributed by atoms with van der Waals surface area (Å²) < 4.78 is 28.3. The number of aromatic nitrogens is 4. The number of aliphatic hydroxyl groups excluding tert-OH is 1. The van der Waals surface area contributed by atoms with Crippen molar-refractivity contribution in [1.82, 2.24) is 24.4 Å². The Morgan fingerprint density at radius 3 is 2.79 bits per heavy atom. The molecule has 4 heterocycles. The summed E-state index contributed by atoms with van der Waals surface area (Å²) >= 11 is 0. The van der Waals surface area contributed by atoms with Crippen LogP contribution in [0.1, 0.15) is 26.0 Å². The van der Waals surface area contributed by atoms with Crippen molar-refractivity contribution in [2.75, 3.05) is 18.9 Å². The largest absolute Gasteiger partial charge is 0.469 e. The van der Waals surface area contributed by atoms with Gasteiger partial charge in [-0.3, -0.25) is 13.9 Å². The number of nitrogens with zero attached hydrogens (tertiary/aromatic N) is 5. The lowest BCUT2D eigenvalue weighted by Gasteiger charge is -2.26. The van der Waals surface area contributed by atoms with Crippen LogP contribution in [0.25, 0.3) is 11.2 Å². The van der Waals surface area contributed by atoms with Gasteiger partial charge in [-0.25, -0.2) is 24.3 Å². The molecule has 2 aromatic heterocycles. The SMILES string of the molecule is CC(=O)N1CCCC1C(=O)O[C@H]1[C@@H](O)[C@H](n2cnc3c(N)ncnc32)O[C@@H]1COP(=O)(O)O. The van der Waals surface area contributed by atoms with Gasteiger partial charge in [0.05, 0.1) is 12.9 Å². The van der Waals surface area contributed by atoms with Crippen LogP contribution >= 0.6 is 7.82 Å². The van der Waals surface area contributed by atoms with Gasteiger partial charge in [0.1, 0.15) is 30.1 Å². The van der Waals surface area contributed by atoms with E-state index in [0.29, 0.717) is 19.4 Å². The van der Waals surface area contributed by atoms with Crippen molar-refractivity contribution in [2.24, 2.45) is 0 Å². The number of hydrogen-bond acceptors (Lipinski definition) is 11. The number of aliphatic hydroxyl groups is 1. The molecule has 4 rings (SSSR count). The molecule has 15 nitrogen and oxygen atoms in total. The number of phosphoric ester groups is 1. The summed E-state index contributed by atoms with van der Waals surface area (Å²) in [5.74, 6) is -0.959. The third-order valence-electron chi connectivity index (χ3n) is 5.56. The Bertz CT molecular complexity index is 1110. The Kier molecular flexibility index (Phi) is 6.35. The number of likely N-dealkylation sites (tertiary alicyclic amines) is 1. The van der Waals surface area contributed by atoms with Crippen molar-refractivity contribution >= 4 is 36.7 Å². The number of anilines is 1. The predicted octanol–water partition coefficient (Wildman–Crippen LogP) is -1.30. The summed E-state index contributed by atoms with van der Waals surface area (Å²) in [6.07, 6.45) is -1.80. The maximum absolute atomic E-state index is 12.8. The molecule has 0 aliphatic carbocycles. The minimum absolute atomic E-state index is 0.0983. The van der Waals surface area contributed by atoms with E-state index in [9.17, 15) is 19.3 Å². The molecule has 1 amide bonds. The van der Waals surface area contributed by atoms with Crippen LogP contribution in [0.2, 0.25) is 0 Å². The highest BCUT2D eigenvalue weighted by Gasteiger charge is 2.49. The fourth-order valence-corrected chi connectivity index (χ4v) is 4.40. The van der Waals surface area contributed by atoms with Gasteiger partial charge in [-0.1, -0.05) is 0 Å². The van der Waals surface area contributed by atoms with Crippen LogP contribution in [0, 0.1) is 0 Å². The zero-order chi connectivity index (χ0) is 23.9. The average Bonchev–Trinajstić information content (AvgIpc) is 3.45. The minimum atomic E-state index is -4.88. The number of phosphoric acid groups is 1. The fraction of sp³-hybridized carbons (Fsp3) is 0.588. The van der Waals surface area contributed by atoms with Crippen LogP contribution in [0.5, 0.6) is 0 Å². The van der Waals surface area contributed by atoms with E-state index < -0.39 is 51.0 Å². The molecule has 5 N–H and O–H groups in total. The molecule has 16 heteroatoms. The Morgan fingerprint density at radius 2 is 2.09 bits per heavy atom. The van der Waals surface area contributed by atoms with Gasteiger partial charge in [0.2, 0.25) is 5.91 Å². The molecule has 2 aromatic rings. The topological polar surface area (TPSA) is 212 Å². The summed E-state index contributed by atoms with van der Waals surface area (Å²) in [5, 5.41) is 11.0. The molecule has 1 unspecified atom stereocenters. The van der Waals surface area contributed by atoms with E-state index >= 15 is 0 Å². The first-order valence-corrected chi connectivity index (χ1v) is 11.5. The van der Waals surface area contributed by atoms with Crippen molar-refractivity contribution in [3.63, 3.8) is 0 Å². The molecule has 2 aliphatic rings. The third kappa shape index (κ3) is 4.69. The van der Waals surface area contributed by atoms with Crippen molar-refractivity contribution in [3.05, 3.63) is 12.7 Å². The second kappa shape index (κ2) is 8.93. The lowest BCUT2D eigenvalue weighted by molar-refractivity contribution is -0.164. The van der Waals surface area contributed by atoms with Gasteiger partial charge in [-0.2, -0.15) is 0 Å². The molecule has 5 atom stereocenters. The molecule has 2 saturated heterocycles. The van der Waals surface area contributed by atoms with Gasteiger partial charge < -0.3 is 35.0 Å². The third-order valence-corrected chi connectivity index (χ3v) is 6.04. The number of amides is 1. The number of imidazole rings is 1. The molecule has 180 valence electrons. The van der Waals surface area contributed by atoms with Crippen molar-refractivity contribution in [1.29, 1.82) is 0 Å². The summed E-state index contributed by atoms with van der Waals surface area (Å²) in [5.41, 5.74) is 6.27. The van der Waals surface area contributed by atoms with Crippen LogP contribution in [-0.4, -0.2) is 88.7 Å². The normalized spacial score (nSPS) is 27.9. The van der Waals surface area contributed by atoms with Crippen LogP contribution in [0.15, 0.2) is 12.7 Å². The van der Waals surface area contributed by atoms with Crippen molar-refractivity contribution in [3.8, 4) is 0 Å². The first kappa shape index (κ1) is 23.5. The van der Waals surface area contributed by atoms with E-state index in [1.165, 1.54) is 29.0 Å². The molecular weight excluding hydrogens is 463 g/mol. The standard InChI is InChI=1S/C17H23N6O9P/c1-8(24)22-4-2-3-9(22)17(26)32-13-10(5-30-33(27,28)29)31-16(12(13)25)23-7-21-11-14(18)19-6-20-15(11)23/h6-7,9-10,12-13,16,25H,2-5H2,1H3,(H2,18,19,20)(H2,27,28,29)/t9?,10-,12-,13-,16-/m1/s1. The molecular formula is C17H23N6O9P. The second-order valence-corrected chi connectivity index (χ2v) is 8.94. The molecule has 33 heavy (non-hydrogen) atoms. The smallest absolute Gasteiger partial charge is 0.455 e. The zero-order valence-electron chi connectivity index (χ0n) is 17.4. The molecule has 2 fully saturated rings. The lowest BCUT2D eigenvalue weighted by Crippen LogP contribution is -2.45. The molecule has 0 radical (unpaired) electrons. The fourth-order valence-electron chi connectivity index (χ4n) is 4.06. The molecule has 0 bridgehead atoms. The van der Waals surface area contributed by atoms with Gasteiger partial charge in [-0.15, -0.1) is 0 Å². The number of carbonyl (C=O) groups excluding carboxylic acids is 2. The summed E-state index contributed by atoms with van der Waals surface area (Å²) in [6, 6.07) is -0.835. The highest BCUT2D eigenvalue weighted by molar-refractivity contribution is 7.46. The Morgan fingerprint density at radius 1 is 1.33 bits per heavy atom. The van der Waals surface area contributed by atoms with Gasteiger partial charge in [0.25, 0.3) is 0 Å². The number of rotatable bonds is 6. The first-order valence-electron chi connectivity index (χ1n) is 10.0. The van der Waals surface area contributed by atoms with Crippen LogP contribution in [0.3, 0.4) is 0 Å². The highest BCUT2D eigenvalue weighted by atomic mass is 31.2. The van der Waals surface area contributed by atoms with E-state index in [4.69, 9.17) is 25.0 Å². The number of fused-ring (bicyclic) bond motifs is 1. The maximum atomic E-state index is 12.8. The van der Waals surface area contributed by atoms with Gasteiger partial charge in [-0.05, 0) is 12.8 Å². The lowest BCUT2D eigenvalue weighted by atomic mass is 10.1. The Labute approximate surface area is 186 Å². The second-order valence-electron chi connectivity index (χ2n) is 7.70. The summed E-state index contributed by atoms with van der Waals surface area (Å²) in [7, 11) is -4.88. The minimum Gasteiger partial charge on any atom is -0.455 e. The summed E-state index contributed by atoms with van der Waals surface area (Å²) in [6.45, 7) is 1.05. The maximum Gasteiger partial charge on any atom is 0.469 e. The van der Waals surface area contributed by atoms with E-state index in [0.717, 1.165) is 0 Å². The first-order chi connectivity index (χ1) is 15.6. The number of nitrogen functional groups attached to an aromatic ring is 1. The van der Waals surface area contributed by atoms with Crippen molar-refractivity contribution in [2.45, 2.75) is 50.3 Å². The van der Waals surface area contributed by atoms with Crippen LogP contribution in [0.4, 0.5) is 5.82 Å². The van der Waals surface area contributed by atoms with E-state index in [-0.39, 0.29) is 22.9 Å². The van der Waals surface area contributed by atoms with Crippen LogP contribution in [-0.2, 0) is 28.2 Å². The van der Waals surface area contributed by atoms with Crippen LogP contribution < -0.4 is 5.73 Å². The molecule has 0 saturated carbocycles. The zero-order valence-corrected chi connectivity index (χ0v) is 18.3. The monoisotopic (exact) mass is 486 g/mol. The average molecular weight is 486 g/mol. The van der Waals surface area contributed by atoms with E-state index in [2.05, 4.69) is 19.5 Å². The predicted molar refractivity (Wildman–Crippen MR) is 108 cm³/mol. The quantitative estimate of drug-likeness (QED) is 0.276. The molecule has 0 spiro atoms. The van der Waals surface area contributed by atoms with Crippen molar-refractivity contribution < 1.29 is 43.0 Å². The molecule has 2 aliphatic heterocycles. The number of hydrogen-bond donors (Lipinski definition) is 4. The van der Waals surface area contributed by atoms with Gasteiger partial charge in [0.15, 0.2) is 23.8 Å². The number of ether oxygens (including phenoxy) is 2. The van der Waals surface area contributed by atoms with E-state index in [1.54, 1.807) is 0 Å². The van der Waals surface area contributed by atoms with Gasteiger partial charge >= 0.3 is 13.8 Å². The Hall–Kier alpha value is -2.68. The number of esters is 1. The Balaban J connectivity index is 1.60. The number of nitrogens with two attached hydrogens (primary N) is 1. The van der Waals surface area contributed by atoms with E-state index in [1.807, 2.05) is 0 Å². The number of carbonyl (C=O) groups is 2.